The van der Waals surface area contributed by atoms with Gasteiger partial charge in [0.1, 0.15) is 0 Å². The van der Waals surface area contributed by atoms with Gasteiger partial charge in [-0.25, -0.2) is 0 Å². The molecule has 1 aliphatic rings. The van der Waals surface area contributed by atoms with Crippen molar-refractivity contribution in [3.05, 3.63) is 82.0 Å². The Balaban J connectivity index is 0.000000244. The molecule has 10 heteroatoms. The Bertz CT molecular complexity index is 1680. The Hall–Kier alpha value is -4.52. The lowest BCUT2D eigenvalue weighted by molar-refractivity contribution is -0.126. The van der Waals surface area contributed by atoms with Gasteiger partial charge in [-0.05, 0) is 58.1 Å². The highest BCUT2D eigenvalue weighted by Gasteiger charge is 2.23. The molecule has 1 saturated heterocycles. The van der Waals surface area contributed by atoms with Gasteiger partial charge in [0.15, 0.2) is 5.75 Å². The molecule has 4 aromatic rings. The molecule has 0 radical (unpaired) electrons. The van der Waals surface area contributed by atoms with Crippen molar-refractivity contribution in [2.75, 3.05) is 39.6 Å². The summed E-state index contributed by atoms with van der Waals surface area (Å²) in [5, 5.41) is 4.22. The van der Waals surface area contributed by atoms with Gasteiger partial charge in [-0.2, -0.15) is 0 Å². The quantitative estimate of drug-likeness (QED) is 0.197. The van der Waals surface area contributed by atoms with E-state index < -0.39 is 0 Å². The van der Waals surface area contributed by atoms with Gasteiger partial charge in [-0.15, -0.1) is 6.42 Å². The fourth-order valence-corrected chi connectivity index (χ4v) is 5.13. The van der Waals surface area contributed by atoms with E-state index in [1.807, 2.05) is 36.0 Å². The Morgan fingerprint density at radius 2 is 2.14 bits per heavy atom. The second-order valence-corrected chi connectivity index (χ2v) is 10.6. The first-order chi connectivity index (χ1) is 20.2. The molecule has 1 unspecified atom stereocenters. The Kier molecular flexibility index (Phi) is 10.1. The number of aromatic nitrogens is 3. The van der Waals surface area contributed by atoms with Crippen LogP contribution in [0, 0.1) is 12.3 Å². The molecule has 3 N–H and O–H groups in total. The number of aromatic amines is 2. The van der Waals surface area contributed by atoms with Crippen molar-refractivity contribution >= 4 is 39.8 Å². The SMILES string of the molecule is C#Cc1cnccc1-c1[nH]c2cc[nH]c(=O)c2c1Nc1cccc(Cl)c1OC.CC1CCCN1C(=O)/C=C/CN(C)C. The van der Waals surface area contributed by atoms with Gasteiger partial charge in [0.25, 0.3) is 5.56 Å². The number of likely N-dealkylation sites (N-methyl/N-ethyl adjacent to an activating group) is 1. The summed E-state index contributed by atoms with van der Waals surface area (Å²) < 4.78 is 5.42. The molecule has 1 aliphatic heterocycles. The van der Waals surface area contributed by atoms with Crippen LogP contribution >= 0.6 is 11.6 Å². The molecular formula is C32H35ClN6O3. The van der Waals surface area contributed by atoms with Gasteiger partial charge < -0.3 is 29.8 Å². The number of H-pyrrole nitrogens is 2. The van der Waals surface area contributed by atoms with Crippen LogP contribution in [0.25, 0.3) is 22.2 Å². The summed E-state index contributed by atoms with van der Waals surface area (Å²) in [7, 11) is 5.52. The van der Waals surface area contributed by atoms with E-state index in [2.05, 4.69) is 33.1 Å². The topological polar surface area (TPSA) is 106 Å². The van der Waals surface area contributed by atoms with E-state index in [0.29, 0.717) is 50.3 Å². The fraction of sp³-hybridized carbons (Fsp3) is 0.281. The molecule has 0 aliphatic carbocycles. The molecule has 1 atom stereocenters. The summed E-state index contributed by atoms with van der Waals surface area (Å²) in [6.07, 6.45) is 16.4. The molecule has 1 amide bonds. The lowest BCUT2D eigenvalue weighted by Crippen LogP contribution is -2.32. The normalized spacial score (nSPS) is 14.6. The first-order valence-corrected chi connectivity index (χ1v) is 14.0. The van der Waals surface area contributed by atoms with Crippen molar-refractivity contribution in [3.8, 4) is 29.4 Å². The number of nitrogens with zero attached hydrogens (tertiary/aromatic N) is 3. The van der Waals surface area contributed by atoms with E-state index in [1.165, 1.54) is 7.11 Å². The Labute approximate surface area is 250 Å². The summed E-state index contributed by atoms with van der Waals surface area (Å²) in [4.78, 5) is 38.3. The van der Waals surface area contributed by atoms with Crippen LogP contribution in [0.3, 0.4) is 0 Å². The average molecular weight is 587 g/mol. The average Bonchev–Trinajstić information content (AvgIpc) is 3.57. The van der Waals surface area contributed by atoms with Crippen molar-refractivity contribution in [1.29, 1.82) is 0 Å². The molecule has 5 rings (SSSR count). The molecule has 0 bridgehead atoms. The highest BCUT2D eigenvalue weighted by atomic mass is 35.5. The van der Waals surface area contributed by atoms with Crippen LogP contribution < -0.4 is 15.6 Å². The zero-order chi connectivity index (χ0) is 30.2. The number of hydrogen-bond donors (Lipinski definition) is 3. The monoisotopic (exact) mass is 586 g/mol. The molecule has 42 heavy (non-hydrogen) atoms. The van der Waals surface area contributed by atoms with Crippen molar-refractivity contribution < 1.29 is 9.53 Å². The third-order valence-electron chi connectivity index (χ3n) is 6.96. The number of anilines is 2. The van der Waals surface area contributed by atoms with Crippen LogP contribution in [0.2, 0.25) is 5.02 Å². The van der Waals surface area contributed by atoms with Gasteiger partial charge in [0, 0.05) is 49.4 Å². The first kappa shape index (κ1) is 30.4. The van der Waals surface area contributed by atoms with Crippen LogP contribution in [-0.4, -0.2) is 71.0 Å². The van der Waals surface area contributed by atoms with Gasteiger partial charge in [0.2, 0.25) is 5.91 Å². The van der Waals surface area contributed by atoms with E-state index in [1.54, 1.807) is 48.9 Å². The smallest absolute Gasteiger partial charge is 0.259 e. The molecule has 218 valence electrons. The molecular weight excluding hydrogens is 552 g/mol. The fourth-order valence-electron chi connectivity index (χ4n) is 4.88. The number of rotatable bonds is 7. The molecule has 3 aromatic heterocycles. The molecule has 0 saturated carbocycles. The summed E-state index contributed by atoms with van der Waals surface area (Å²) in [5.41, 5.74) is 3.64. The van der Waals surface area contributed by atoms with Crippen molar-refractivity contribution in [2.24, 2.45) is 0 Å². The van der Waals surface area contributed by atoms with Crippen molar-refractivity contribution in [1.82, 2.24) is 24.8 Å². The second-order valence-electron chi connectivity index (χ2n) is 10.2. The maximum atomic E-state index is 12.6. The highest BCUT2D eigenvalue weighted by Crippen LogP contribution is 2.40. The van der Waals surface area contributed by atoms with E-state index in [4.69, 9.17) is 22.8 Å². The number of halogens is 1. The maximum absolute atomic E-state index is 12.6. The number of carbonyl (C=O) groups excluding carboxylic acids is 1. The second kappa shape index (κ2) is 13.9. The minimum absolute atomic E-state index is 0.164. The van der Waals surface area contributed by atoms with Crippen molar-refractivity contribution in [3.63, 3.8) is 0 Å². The number of nitrogens with one attached hydrogen (secondary N) is 3. The number of pyridine rings is 2. The predicted molar refractivity (Wildman–Crippen MR) is 169 cm³/mol. The molecule has 4 heterocycles. The Morgan fingerprint density at radius 1 is 1.33 bits per heavy atom. The Morgan fingerprint density at radius 3 is 2.83 bits per heavy atom. The third-order valence-corrected chi connectivity index (χ3v) is 7.26. The highest BCUT2D eigenvalue weighted by molar-refractivity contribution is 6.32. The largest absolute Gasteiger partial charge is 0.493 e. The molecule has 9 nitrogen and oxygen atoms in total. The lowest BCUT2D eigenvalue weighted by Gasteiger charge is -2.19. The summed E-state index contributed by atoms with van der Waals surface area (Å²) in [6, 6.07) is 9.36. The standard InChI is InChI=1S/C21H15ClN4O2.C11H20N2O/c1-3-12-11-23-9-7-13(12)18-19(17-15(25-18)8-10-24-21(17)27)26-16-6-4-5-14(22)20(16)28-2;1-10-6-4-9-13(10)11(14)7-5-8-12(2)3/h1,4-11,25-26H,2H3,(H,24,27);5,7,10H,4,6,8-9H2,1-3H3/b;7-5+. The maximum Gasteiger partial charge on any atom is 0.259 e. The van der Waals surface area contributed by atoms with Gasteiger partial charge >= 0.3 is 0 Å². The number of likely N-dealkylation sites (tertiary alicyclic amines) is 1. The molecule has 0 spiro atoms. The molecule has 1 fully saturated rings. The number of ether oxygens (including phenoxy) is 1. The number of fused-ring (bicyclic) bond motifs is 1. The zero-order valence-corrected chi connectivity index (χ0v) is 25.0. The van der Waals surface area contributed by atoms with Crippen LogP contribution in [0.1, 0.15) is 25.3 Å². The minimum Gasteiger partial charge on any atom is -0.493 e. The number of amides is 1. The predicted octanol–water partition coefficient (Wildman–Crippen LogP) is 5.42. The molecule has 1 aromatic carbocycles. The number of para-hydroxylation sites is 1. The van der Waals surface area contributed by atoms with Crippen LogP contribution in [0.5, 0.6) is 5.75 Å². The van der Waals surface area contributed by atoms with Gasteiger partial charge in [0.05, 0.1) is 45.7 Å². The zero-order valence-electron chi connectivity index (χ0n) is 24.2. The van der Waals surface area contributed by atoms with Gasteiger partial charge in [-0.1, -0.05) is 29.7 Å². The third kappa shape index (κ3) is 6.85. The van der Waals surface area contributed by atoms with E-state index >= 15 is 0 Å². The van der Waals surface area contributed by atoms with Crippen LogP contribution in [0.4, 0.5) is 11.4 Å². The van der Waals surface area contributed by atoms with Crippen LogP contribution in [0.15, 0.2) is 65.9 Å². The van der Waals surface area contributed by atoms with E-state index in [-0.39, 0.29) is 11.5 Å². The van der Waals surface area contributed by atoms with E-state index in [9.17, 15) is 9.59 Å². The number of methoxy groups -OCH3 is 1. The number of carbonyl (C=O) groups is 1. The number of hydrogen-bond acceptors (Lipinski definition) is 6. The number of terminal acetylenes is 1. The van der Waals surface area contributed by atoms with E-state index in [0.717, 1.165) is 31.5 Å². The minimum atomic E-state index is -0.236. The summed E-state index contributed by atoms with van der Waals surface area (Å²) in [5.74, 6) is 3.27. The summed E-state index contributed by atoms with van der Waals surface area (Å²) in [6.45, 7) is 3.87. The number of benzene rings is 1. The van der Waals surface area contributed by atoms with Crippen LogP contribution in [-0.2, 0) is 4.79 Å². The summed E-state index contributed by atoms with van der Waals surface area (Å²) >= 11 is 6.25. The lowest BCUT2D eigenvalue weighted by atomic mass is 10.1. The van der Waals surface area contributed by atoms with Gasteiger partial charge in [-0.3, -0.25) is 14.6 Å². The van der Waals surface area contributed by atoms with Crippen molar-refractivity contribution in [2.45, 2.75) is 25.8 Å². The first-order valence-electron chi connectivity index (χ1n) is 13.6.